The van der Waals surface area contributed by atoms with Crippen molar-refractivity contribution in [2.75, 3.05) is 6.54 Å². The molecule has 0 aliphatic heterocycles. The number of nitrogens with zero attached hydrogens (tertiary/aromatic N) is 3. The fraction of sp³-hybridized carbons (Fsp3) is 0.846. The standard InChI is InChI=1S/C13H22N4/c1-2-4-12(5-3-1)17-10-15-16-13(17)9-14-8-11-6-7-11/h10-12,14H,1-9H2. The average Bonchev–Trinajstić information content (AvgIpc) is 3.07. The maximum Gasteiger partial charge on any atom is 0.147 e. The van der Waals surface area contributed by atoms with Gasteiger partial charge in [-0.2, -0.15) is 0 Å². The van der Waals surface area contributed by atoms with Crippen LogP contribution in [0.1, 0.15) is 56.8 Å². The molecule has 17 heavy (non-hydrogen) atoms. The third kappa shape index (κ3) is 2.86. The summed E-state index contributed by atoms with van der Waals surface area (Å²) in [4.78, 5) is 0. The molecule has 94 valence electrons. The van der Waals surface area contributed by atoms with E-state index < -0.39 is 0 Å². The van der Waals surface area contributed by atoms with E-state index in [0.29, 0.717) is 6.04 Å². The van der Waals surface area contributed by atoms with Gasteiger partial charge in [0.1, 0.15) is 12.2 Å². The highest BCUT2D eigenvalue weighted by molar-refractivity contribution is 4.91. The normalized spacial score (nSPS) is 21.9. The molecule has 0 bridgehead atoms. The molecule has 4 heteroatoms. The maximum absolute atomic E-state index is 4.26. The summed E-state index contributed by atoms with van der Waals surface area (Å²) in [5, 5.41) is 11.8. The predicted octanol–water partition coefficient (Wildman–Crippen LogP) is 2.28. The minimum Gasteiger partial charge on any atom is -0.313 e. The van der Waals surface area contributed by atoms with Gasteiger partial charge in [-0.05, 0) is 38.1 Å². The lowest BCUT2D eigenvalue weighted by atomic mass is 9.95. The molecule has 1 aromatic rings. The minimum absolute atomic E-state index is 0.650. The lowest BCUT2D eigenvalue weighted by Crippen LogP contribution is -2.22. The first-order chi connectivity index (χ1) is 8.43. The van der Waals surface area contributed by atoms with Gasteiger partial charge < -0.3 is 9.88 Å². The maximum atomic E-state index is 4.26. The van der Waals surface area contributed by atoms with E-state index in [1.54, 1.807) is 0 Å². The Hall–Kier alpha value is -0.900. The quantitative estimate of drug-likeness (QED) is 0.850. The summed E-state index contributed by atoms with van der Waals surface area (Å²) in [6.07, 6.45) is 11.4. The van der Waals surface area contributed by atoms with E-state index in [9.17, 15) is 0 Å². The van der Waals surface area contributed by atoms with E-state index >= 15 is 0 Å². The van der Waals surface area contributed by atoms with Crippen LogP contribution < -0.4 is 5.32 Å². The van der Waals surface area contributed by atoms with Crippen molar-refractivity contribution in [3.05, 3.63) is 12.2 Å². The highest BCUT2D eigenvalue weighted by Crippen LogP contribution is 2.29. The van der Waals surface area contributed by atoms with Crippen LogP contribution in [0.15, 0.2) is 6.33 Å². The van der Waals surface area contributed by atoms with Gasteiger partial charge in [-0.1, -0.05) is 19.3 Å². The van der Waals surface area contributed by atoms with Crippen molar-refractivity contribution < 1.29 is 0 Å². The monoisotopic (exact) mass is 234 g/mol. The summed E-state index contributed by atoms with van der Waals surface area (Å²) in [7, 11) is 0. The Bertz CT molecular complexity index is 350. The van der Waals surface area contributed by atoms with Gasteiger partial charge >= 0.3 is 0 Å². The Morgan fingerprint density at radius 2 is 2.00 bits per heavy atom. The smallest absolute Gasteiger partial charge is 0.147 e. The van der Waals surface area contributed by atoms with Gasteiger partial charge in [-0.15, -0.1) is 10.2 Å². The van der Waals surface area contributed by atoms with E-state index in [4.69, 9.17) is 0 Å². The Morgan fingerprint density at radius 3 is 2.76 bits per heavy atom. The molecule has 0 radical (unpaired) electrons. The lowest BCUT2D eigenvalue weighted by molar-refractivity contribution is 0.343. The van der Waals surface area contributed by atoms with Crippen LogP contribution in [-0.4, -0.2) is 21.3 Å². The summed E-state index contributed by atoms with van der Waals surface area (Å²) >= 11 is 0. The molecule has 1 heterocycles. The molecule has 2 fully saturated rings. The number of rotatable bonds is 5. The molecule has 1 aromatic heterocycles. The number of nitrogens with one attached hydrogen (secondary N) is 1. The second-order valence-corrected chi connectivity index (χ2v) is 5.52. The van der Waals surface area contributed by atoms with E-state index in [0.717, 1.165) is 24.8 Å². The lowest BCUT2D eigenvalue weighted by Gasteiger charge is -2.24. The van der Waals surface area contributed by atoms with E-state index in [1.165, 1.54) is 44.9 Å². The molecular formula is C13H22N4. The molecule has 0 saturated heterocycles. The van der Waals surface area contributed by atoms with Gasteiger partial charge in [0.2, 0.25) is 0 Å². The summed E-state index contributed by atoms with van der Waals surface area (Å²) < 4.78 is 2.30. The first kappa shape index (κ1) is 11.2. The van der Waals surface area contributed by atoms with E-state index in [-0.39, 0.29) is 0 Å². The van der Waals surface area contributed by atoms with Gasteiger partial charge in [0.05, 0.1) is 6.54 Å². The second-order valence-electron chi connectivity index (χ2n) is 5.52. The average molecular weight is 234 g/mol. The van der Waals surface area contributed by atoms with Crippen molar-refractivity contribution in [2.24, 2.45) is 5.92 Å². The van der Waals surface area contributed by atoms with Gasteiger partial charge in [-0.3, -0.25) is 0 Å². The van der Waals surface area contributed by atoms with Crippen molar-refractivity contribution in [3.63, 3.8) is 0 Å². The van der Waals surface area contributed by atoms with Gasteiger partial charge in [0.25, 0.3) is 0 Å². The molecule has 2 aliphatic carbocycles. The van der Waals surface area contributed by atoms with E-state index in [2.05, 4.69) is 20.1 Å². The number of hydrogen-bond acceptors (Lipinski definition) is 3. The predicted molar refractivity (Wildman–Crippen MR) is 66.6 cm³/mol. The van der Waals surface area contributed by atoms with Crippen LogP contribution in [-0.2, 0) is 6.54 Å². The Balaban J connectivity index is 1.57. The van der Waals surface area contributed by atoms with Crippen LogP contribution in [0.5, 0.6) is 0 Å². The molecule has 0 atom stereocenters. The van der Waals surface area contributed by atoms with Crippen LogP contribution in [0.25, 0.3) is 0 Å². The first-order valence-electron chi connectivity index (χ1n) is 7.02. The highest BCUT2D eigenvalue weighted by atomic mass is 15.3. The van der Waals surface area contributed by atoms with Gasteiger partial charge in [0.15, 0.2) is 0 Å². The molecule has 0 amide bonds. The molecule has 2 saturated carbocycles. The van der Waals surface area contributed by atoms with Crippen LogP contribution in [0, 0.1) is 5.92 Å². The zero-order chi connectivity index (χ0) is 11.5. The van der Waals surface area contributed by atoms with Crippen LogP contribution in [0.4, 0.5) is 0 Å². The largest absolute Gasteiger partial charge is 0.313 e. The van der Waals surface area contributed by atoms with Crippen molar-refractivity contribution in [2.45, 2.75) is 57.5 Å². The minimum atomic E-state index is 0.650. The fourth-order valence-electron chi connectivity index (χ4n) is 2.77. The van der Waals surface area contributed by atoms with Crippen LogP contribution in [0.3, 0.4) is 0 Å². The number of aromatic nitrogens is 3. The summed E-state index contributed by atoms with van der Waals surface area (Å²) in [5.41, 5.74) is 0. The third-order valence-corrected chi connectivity index (χ3v) is 4.03. The Labute approximate surface area is 103 Å². The molecule has 0 unspecified atom stereocenters. The van der Waals surface area contributed by atoms with Gasteiger partial charge in [-0.25, -0.2) is 0 Å². The summed E-state index contributed by atoms with van der Waals surface area (Å²) in [6, 6.07) is 0.650. The second kappa shape index (κ2) is 5.17. The SMILES string of the molecule is c1nnc(CNCC2CC2)n1C1CCCCC1. The molecule has 0 aromatic carbocycles. The van der Waals surface area contributed by atoms with Crippen molar-refractivity contribution >= 4 is 0 Å². The molecule has 2 aliphatic rings. The van der Waals surface area contributed by atoms with Crippen LogP contribution >= 0.6 is 0 Å². The Kier molecular flexibility index (Phi) is 3.41. The summed E-state index contributed by atoms with van der Waals surface area (Å²) in [5.74, 6) is 2.05. The first-order valence-corrected chi connectivity index (χ1v) is 7.02. The molecule has 4 nitrogen and oxygen atoms in total. The van der Waals surface area contributed by atoms with E-state index in [1.807, 2.05) is 6.33 Å². The Morgan fingerprint density at radius 1 is 1.18 bits per heavy atom. The topological polar surface area (TPSA) is 42.7 Å². The molecule has 0 spiro atoms. The zero-order valence-electron chi connectivity index (χ0n) is 10.4. The highest BCUT2D eigenvalue weighted by Gasteiger charge is 2.21. The van der Waals surface area contributed by atoms with Gasteiger partial charge in [0, 0.05) is 6.04 Å². The molecule has 1 N–H and O–H groups in total. The molecular weight excluding hydrogens is 212 g/mol. The zero-order valence-corrected chi connectivity index (χ0v) is 10.4. The van der Waals surface area contributed by atoms with Crippen molar-refractivity contribution in [1.29, 1.82) is 0 Å². The summed E-state index contributed by atoms with van der Waals surface area (Å²) in [6.45, 7) is 2.03. The number of hydrogen-bond donors (Lipinski definition) is 1. The van der Waals surface area contributed by atoms with Crippen molar-refractivity contribution in [3.8, 4) is 0 Å². The van der Waals surface area contributed by atoms with Crippen molar-refractivity contribution in [1.82, 2.24) is 20.1 Å². The molecule has 3 rings (SSSR count). The third-order valence-electron chi connectivity index (χ3n) is 4.03. The fourth-order valence-corrected chi connectivity index (χ4v) is 2.77. The van der Waals surface area contributed by atoms with Crippen LogP contribution in [0.2, 0.25) is 0 Å².